The van der Waals surface area contributed by atoms with Gasteiger partial charge in [0.05, 0.1) is 0 Å². The van der Waals surface area contributed by atoms with Crippen molar-refractivity contribution in [1.82, 2.24) is 0 Å². The lowest BCUT2D eigenvalue weighted by molar-refractivity contribution is -0.153. The first-order valence-electron chi connectivity index (χ1n) is 8.96. The Bertz CT molecular complexity index is 736. The van der Waals surface area contributed by atoms with Gasteiger partial charge in [-0.1, -0.05) is 18.2 Å². The summed E-state index contributed by atoms with van der Waals surface area (Å²) in [7, 11) is 0.215. The van der Waals surface area contributed by atoms with E-state index in [1.165, 1.54) is 43.4 Å². The molecule has 2 aliphatic heterocycles. The predicted octanol–water partition coefficient (Wildman–Crippen LogP) is 5.86. The molecule has 0 atom stereocenters. The van der Waals surface area contributed by atoms with Gasteiger partial charge in [0.15, 0.2) is 11.5 Å². The number of alkyl halides is 3. The van der Waals surface area contributed by atoms with Gasteiger partial charge in [0.1, 0.15) is 16.2 Å². The molecule has 2 aromatic carbocycles. The molecule has 0 spiro atoms. The fourth-order valence-corrected chi connectivity index (χ4v) is 7.91. The van der Waals surface area contributed by atoms with Gasteiger partial charge in [0, 0.05) is 21.7 Å². The van der Waals surface area contributed by atoms with Crippen LogP contribution in [-0.2, 0) is 10.9 Å². The van der Waals surface area contributed by atoms with Crippen LogP contribution >= 0.6 is 0 Å². The molecule has 2 aromatic rings. The number of halogens is 3. The molecule has 2 aliphatic rings. The van der Waals surface area contributed by atoms with Crippen LogP contribution in [0.4, 0.5) is 13.2 Å². The van der Waals surface area contributed by atoms with Gasteiger partial charge < -0.3 is 4.74 Å². The lowest BCUT2D eigenvalue weighted by atomic mass is 9.99. The average molecular weight is 367 g/mol. The lowest BCUT2D eigenvalue weighted by Gasteiger charge is -2.35. The van der Waals surface area contributed by atoms with Crippen molar-refractivity contribution in [3.05, 3.63) is 36.4 Å². The van der Waals surface area contributed by atoms with Crippen molar-refractivity contribution in [2.75, 3.05) is 6.61 Å². The summed E-state index contributed by atoms with van der Waals surface area (Å²) in [5.41, 5.74) is 0. The van der Waals surface area contributed by atoms with E-state index < -0.39 is 12.8 Å². The molecule has 2 saturated heterocycles. The number of rotatable bonds is 3. The van der Waals surface area contributed by atoms with Gasteiger partial charge >= 0.3 is 6.18 Å². The van der Waals surface area contributed by atoms with Crippen LogP contribution in [0.25, 0.3) is 10.8 Å². The molecule has 134 valence electrons. The number of ether oxygens (including phenoxy) is 1. The van der Waals surface area contributed by atoms with E-state index in [2.05, 4.69) is 0 Å². The number of hydrogen-bond donors (Lipinski definition) is 0. The second-order valence-corrected chi connectivity index (χ2v) is 9.51. The second-order valence-electron chi connectivity index (χ2n) is 6.99. The molecule has 1 nitrogen and oxygen atoms in total. The van der Waals surface area contributed by atoms with Gasteiger partial charge in [-0.25, -0.2) is 0 Å². The van der Waals surface area contributed by atoms with Crippen LogP contribution in [0, 0.1) is 0 Å². The highest BCUT2D eigenvalue weighted by molar-refractivity contribution is 7.98. The minimum absolute atomic E-state index is 0.215. The summed E-state index contributed by atoms with van der Waals surface area (Å²) in [6.45, 7) is -1.24. The molecule has 2 bridgehead atoms. The smallest absolute Gasteiger partial charge is 0.422 e. The first-order valence-corrected chi connectivity index (χ1v) is 10.3. The maximum atomic E-state index is 12.5. The zero-order valence-electron chi connectivity index (χ0n) is 14.0. The number of benzene rings is 2. The molecule has 0 N–H and O–H groups in total. The Morgan fingerprint density at radius 3 is 2.08 bits per heavy atom. The Hall–Kier alpha value is -1.36. The highest BCUT2D eigenvalue weighted by Crippen LogP contribution is 2.45. The summed E-state index contributed by atoms with van der Waals surface area (Å²) >= 11 is 0. The third-order valence-corrected chi connectivity index (χ3v) is 8.56. The summed E-state index contributed by atoms with van der Waals surface area (Å²) in [4.78, 5) is 1.34. The van der Waals surface area contributed by atoms with Gasteiger partial charge in [0.2, 0.25) is 0 Å². The molecule has 0 aromatic heterocycles. The molecule has 4 rings (SSSR count). The standard InChI is InChI=1S/C20H22F3OS/c21-20(22,23)13-24-18-11-12-19(17-10-2-1-9-16(17)18)25-14-5-3-6-15(25)8-4-7-14/h1-2,9-12,14-15H,3-8,13H2/q+1. The van der Waals surface area contributed by atoms with Crippen LogP contribution in [0.5, 0.6) is 5.75 Å². The van der Waals surface area contributed by atoms with Crippen molar-refractivity contribution >= 4 is 21.7 Å². The van der Waals surface area contributed by atoms with Crippen LogP contribution in [0.2, 0.25) is 0 Å². The Balaban J connectivity index is 1.73. The summed E-state index contributed by atoms with van der Waals surface area (Å²) in [6.07, 6.45) is 3.50. The minimum Gasteiger partial charge on any atom is -0.483 e. The zero-order chi connectivity index (χ0) is 17.4. The SMILES string of the molecule is FC(F)(F)COc1ccc([S+]2C3CCCC2CCC3)c2ccccc12. The first-order chi connectivity index (χ1) is 12.0. The maximum Gasteiger partial charge on any atom is 0.422 e. The van der Waals surface area contributed by atoms with E-state index in [1.54, 1.807) is 6.07 Å². The van der Waals surface area contributed by atoms with E-state index in [0.717, 1.165) is 21.3 Å². The quantitative estimate of drug-likeness (QED) is 0.617. The van der Waals surface area contributed by atoms with Crippen molar-refractivity contribution in [1.29, 1.82) is 0 Å². The third-order valence-electron chi connectivity index (χ3n) is 5.31. The van der Waals surface area contributed by atoms with E-state index in [0.29, 0.717) is 5.75 Å². The Morgan fingerprint density at radius 1 is 0.880 bits per heavy atom. The normalized spacial score (nSPS) is 26.6. The average Bonchev–Trinajstić information content (AvgIpc) is 2.58. The largest absolute Gasteiger partial charge is 0.483 e. The summed E-state index contributed by atoms with van der Waals surface area (Å²) in [5, 5.41) is 3.38. The molecule has 2 heterocycles. The Labute approximate surface area is 148 Å². The van der Waals surface area contributed by atoms with Gasteiger partial charge in [0.25, 0.3) is 0 Å². The maximum absolute atomic E-state index is 12.5. The van der Waals surface area contributed by atoms with E-state index in [1.807, 2.05) is 30.3 Å². The van der Waals surface area contributed by atoms with Crippen molar-refractivity contribution in [3.8, 4) is 5.75 Å². The van der Waals surface area contributed by atoms with Gasteiger partial charge in [-0.3, -0.25) is 0 Å². The van der Waals surface area contributed by atoms with Crippen molar-refractivity contribution in [2.24, 2.45) is 0 Å². The fourth-order valence-electron chi connectivity index (χ4n) is 4.31. The highest BCUT2D eigenvalue weighted by Gasteiger charge is 2.46. The molecule has 2 fully saturated rings. The molecular formula is C20H22F3OS+. The fraction of sp³-hybridized carbons (Fsp3) is 0.500. The molecule has 0 amide bonds. The molecule has 5 heteroatoms. The van der Waals surface area contributed by atoms with E-state index in [-0.39, 0.29) is 10.9 Å². The van der Waals surface area contributed by atoms with Crippen LogP contribution in [0.1, 0.15) is 38.5 Å². The molecule has 0 unspecified atom stereocenters. The minimum atomic E-state index is -4.32. The van der Waals surface area contributed by atoms with E-state index >= 15 is 0 Å². The summed E-state index contributed by atoms with van der Waals surface area (Å²) in [5.74, 6) is 0.336. The van der Waals surface area contributed by atoms with E-state index in [4.69, 9.17) is 4.74 Å². The van der Waals surface area contributed by atoms with Crippen LogP contribution < -0.4 is 4.74 Å². The Morgan fingerprint density at radius 2 is 1.48 bits per heavy atom. The van der Waals surface area contributed by atoms with E-state index in [9.17, 15) is 13.2 Å². The molecule has 0 saturated carbocycles. The number of hydrogen-bond acceptors (Lipinski definition) is 1. The molecule has 0 aliphatic carbocycles. The molecular weight excluding hydrogens is 345 g/mol. The zero-order valence-corrected chi connectivity index (χ0v) is 14.8. The summed E-state index contributed by atoms with van der Waals surface area (Å²) < 4.78 is 42.7. The van der Waals surface area contributed by atoms with Gasteiger partial charge in [-0.15, -0.1) is 0 Å². The molecule has 25 heavy (non-hydrogen) atoms. The Kier molecular flexibility index (Phi) is 4.61. The van der Waals surface area contributed by atoms with Gasteiger partial charge in [-0.2, -0.15) is 13.2 Å². The number of fused-ring (bicyclic) bond motifs is 3. The van der Waals surface area contributed by atoms with Crippen molar-refractivity contribution in [2.45, 2.75) is 60.1 Å². The van der Waals surface area contributed by atoms with Crippen LogP contribution in [0.15, 0.2) is 41.3 Å². The van der Waals surface area contributed by atoms with Crippen molar-refractivity contribution < 1.29 is 17.9 Å². The highest BCUT2D eigenvalue weighted by atomic mass is 32.2. The third kappa shape index (κ3) is 3.48. The monoisotopic (exact) mass is 367 g/mol. The molecule has 0 radical (unpaired) electrons. The predicted molar refractivity (Wildman–Crippen MR) is 96.4 cm³/mol. The first kappa shape index (κ1) is 17.1. The van der Waals surface area contributed by atoms with Crippen LogP contribution in [-0.4, -0.2) is 23.3 Å². The van der Waals surface area contributed by atoms with Crippen LogP contribution in [0.3, 0.4) is 0 Å². The topological polar surface area (TPSA) is 9.23 Å². The summed E-state index contributed by atoms with van der Waals surface area (Å²) in [6, 6.07) is 11.6. The lowest BCUT2D eigenvalue weighted by Crippen LogP contribution is -2.40. The van der Waals surface area contributed by atoms with Crippen molar-refractivity contribution in [3.63, 3.8) is 0 Å². The second kappa shape index (κ2) is 6.75. The van der Waals surface area contributed by atoms with Gasteiger partial charge in [-0.05, 0) is 56.7 Å².